The maximum absolute atomic E-state index is 12.0. The summed E-state index contributed by atoms with van der Waals surface area (Å²) in [5.74, 6) is -0.0590. The first-order valence-electron chi connectivity index (χ1n) is 7.58. The number of aromatic nitrogens is 1. The van der Waals surface area contributed by atoms with Crippen molar-refractivity contribution in [3.8, 4) is 11.5 Å². The van der Waals surface area contributed by atoms with Gasteiger partial charge in [-0.2, -0.15) is 0 Å². The molecule has 25 heavy (non-hydrogen) atoms. The fourth-order valence-corrected chi connectivity index (χ4v) is 2.34. The lowest BCUT2D eigenvalue weighted by Crippen LogP contribution is -2.31. The van der Waals surface area contributed by atoms with Crippen molar-refractivity contribution in [2.75, 3.05) is 13.4 Å². The number of carbonyl (C=O) groups is 2. The number of hydrogen-bond donors (Lipinski definition) is 2. The maximum Gasteiger partial charge on any atom is 0.344 e. The Bertz CT molecular complexity index is 860. The van der Waals surface area contributed by atoms with Crippen LogP contribution >= 0.6 is 0 Å². The number of esters is 1. The molecule has 3 rings (SSSR count). The lowest BCUT2D eigenvalue weighted by molar-refractivity contribution is -0.124. The van der Waals surface area contributed by atoms with Crippen LogP contribution in [0.25, 0.3) is 0 Å². The van der Waals surface area contributed by atoms with Crippen LogP contribution in [0, 0.1) is 0 Å². The Morgan fingerprint density at radius 1 is 1.28 bits per heavy atom. The van der Waals surface area contributed by atoms with Crippen LogP contribution in [0.1, 0.15) is 28.9 Å². The number of aromatic amines is 1. The fraction of sp³-hybridized carbons (Fsp3) is 0.235. The SMILES string of the molecule is C[C@H](NC(=O)COC(=O)c1ccc[nH]c1=O)c1ccc2c(c1)OCO2. The van der Waals surface area contributed by atoms with Crippen LogP contribution in [0.5, 0.6) is 11.5 Å². The highest BCUT2D eigenvalue weighted by molar-refractivity contribution is 5.90. The van der Waals surface area contributed by atoms with Crippen molar-refractivity contribution in [1.29, 1.82) is 0 Å². The molecule has 0 saturated carbocycles. The molecule has 1 aromatic carbocycles. The molecule has 1 amide bonds. The Morgan fingerprint density at radius 2 is 2.08 bits per heavy atom. The van der Waals surface area contributed by atoms with Gasteiger partial charge < -0.3 is 24.5 Å². The number of pyridine rings is 1. The normalized spacial score (nSPS) is 13.2. The number of hydrogen-bond acceptors (Lipinski definition) is 6. The van der Waals surface area contributed by atoms with E-state index in [0.717, 1.165) is 5.56 Å². The molecule has 130 valence electrons. The molecule has 1 aliphatic heterocycles. The molecule has 8 heteroatoms. The summed E-state index contributed by atoms with van der Waals surface area (Å²) in [7, 11) is 0. The van der Waals surface area contributed by atoms with Gasteiger partial charge in [-0.15, -0.1) is 0 Å². The van der Waals surface area contributed by atoms with Gasteiger partial charge in [0.2, 0.25) is 6.79 Å². The monoisotopic (exact) mass is 344 g/mol. The smallest absolute Gasteiger partial charge is 0.344 e. The highest BCUT2D eigenvalue weighted by Gasteiger charge is 2.18. The molecule has 0 bridgehead atoms. The van der Waals surface area contributed by atoms with Crippen LogP contribution in [-0.2, 0) is 9.53 Å². The van der Waals surface area contributed by atoms with Gasteiger partial charge in [0.1, 0.15) is 5.56 Å². The Labute approximate surface area is 142 Å². The standard InChI is InChI=1S/C17H16N2O6/c1-10(11-4-5-13-14(7-11)25-9-24-13)19-15(20)8-23-17(22)12-3-2-6-18-16(12)21/h2-7,10H,8-9H2,1H3,(H,18,21)(H,19,20)/t10-/m0/s1. The highest BCUT2D eigenvalue weighted by Crippen LogP contribution is 2.34. The molecule has 2 aromatic rings. The topological polar surface area (TPSA) is 107 Å². The number of fused-ring (bicyclic) bond motifs is 1. The predicted molar refractivity (Wildman–Crippen MR) is 86.5 cm³/mol. The van der Waals surface area contributed by atoms with Crippen molar-refractivity contribution in [2.45, 2.75) is 13.0 Å². The average Bonchev–Trinajstić information content (AvgIpc) is 3.07. The van der Waals surface area contributed by atoms with Gasteiger partial charge in [0.05, 0.1) is 6.04 Å². The molecule has 1 aromatic heterocycles. The molecule has 1 aliphatic rings. The van der Waals surface area contributed by atoms with Crippen molar-refractivity contribution in [1.82, 2.24) is 10.3 Å². The number of rotatable bonds is 5. The minimum absolute atomic E-state index is 0.154. The van der Waals surface area contributed by atoms with E-state index in [1.54, 1.807) is 19.1 Å². The first-order valence-corrected chi connectivity index (χ1v) is 7.58. The third-order valence-electron chi connectivity index (χ3n) is 3.65. The molecular formula is C17H16N2O6. The van der Waals surface area contributed by atoms with Crippen LogP contribution < -0.4 is 20.3 Å². The van der Waals surface area contributed by atoms with Gasteiger partial charge in [-0.05, 0) is 36.8 Å². The first-order chi connectivity index (χ1) is 12.0. The lowest BCUT2D eigenvalue weighted by Gasteiger charge is -2.14. The third kappa shape index (κ3) is 3.79. The first kappa shape index (κ1) is 16.6. The molecule has 2 heterocycles. The maximum atomic E-state index is 12.0. The molecule has 1 atom stereocenters. The molecule has 0 spiro atoms. The highest BCUT2D eigenvalue weighted by atomic mass is 16.7. The van der Waals surface area contributed by atoms with Gasteiger partial charge in [0, 0.05) is 6.20 Å². The Morgan fingerprint density at radius 3 is 2.88 bits per heavy atom. The summed E-state index contributed by atoms with van der Waals surface area (Å²) in [4.78, 5) is 37.6. The number of carbonyl (C=O) groups excluding carboxylic acids is 2. The van der Waals surface area contributed by atoms with E-state index < -0.39 is 24.0 Å². The van der Waals surface area contributed by atoms with Crippen molar-refractivity contribution < 1.29 is 23.8 Å². The zero-order valence-electron chi connectivity index (χ0n) is 13.4. The number of nitrogens with one attached hydrogen (secondary N) is 2. The van der Waals surface area contributed by atoms with E-state index in [-0.39, 0.29) is 18.4 Å². The predicted octanol–water partition coefficient (Wildman–Crippen LogP) is 1.14. The molecular weight excluding hydrogens is 328 g/mol. The molecule has 0 unspecified atom stereocenters. The van der Waals surface area contributed by atoms with Gasteiger partial charge in [-0.3, -0.25) is 9.59 Å². The summed E-state index contributed by atoms with van der Waals surface area (Å²) >= 11 is 0. The number of amides is 1. The van der Waals surface area contributed by atoms with E-state index >= 15 is 0 Å². The zero-order valence-corrected chi connectivity index (χ0v) is 13.4. The van der Waals surface area contributed by atoms with E-state index in [0.29, 0.717) is 11.5 Å². The molecule has 0 aliphatic carbocycles. The molecule has 0 saturated heterocycles. The van der Waals surface area contributed by atoms with Gasteiger partial charge in [-0.1, -0.05) is 6.07 Å². The van der Waals surface area contributed by atoms with Crippen LogP contribution in [0.15, 0.2) is 41.3 Å². The Balaban J connectivity index is 1.55. The van der Waals surface area contributed by atoms with E-state index in [2.05, 4.69) is 10.3 Å². The van der Waals surface area contributed by atoms with E-state index in [4.69, 9.17) is 14.2 Å². The summed E-state index contributed by atoms with van der Waals surface area (Å²) in [5.41, 5.74) is 0.101. The quantitative estimate of drug-likeness (QED) is 0.788. The van der Waals surface area contributed by atoms with Crippen LogP contribution in [0.3, 0.4) is 0 Å². The van der Waals surface area contributed by atoms with E-state index in [1.807, 2.05) is 6.07 Å². The number of H-pyrrole nitrogens is 1. The molecule has 8 nitrogen and oxygen atoms in total. The van der Waals surface area contributed by atoms with E-state index in [9.17, 15) is 14.4 Å². The molecule has 2 N–H and O–H groups in total. The summed E-state index contributed by atoms with van der Waals surface area (Å²) < 4.78 is 15.4. The zero-order chi connectivity index (χ0) is 17.8. The minimum Gasteiger partial charge on any atom is -0.454 e. The summed E-state index contributed by atoms with van der Waals surface area (Å²) in [5, 5.41) is 2.71. The number of benzene rings is 1. The van der Waals surface area contributed by atoms with Crippen molar-refractivity contribution in [2.24, 2.45) is 0 Å². The summed E-state index contributed by atoms with van der Waals surface area (Å²) in [6.07, 6.45) is 1.40. The third-order valence-corrected chi connectivity index (χ3v) is 3.65. The van der Waals surface area contributed by atoms with Crippen molar-refractivity contribution in [3.05, 3.63) is 58.0 Å². The molecule has 0 radical (unpaired) electrons. The van der Waals surface area contributed by atoms with Gasteiger partial charge >= 0.3 is 5.97 Å². The van der Waals surface area contributed by atoms with Crippen molar-refractivity contribution in [3.63, 3.8) is 0 Å². The van der Waals surface area contributed by atoms with Gasteiger partial charge in [0.15, 0.2) is 18.1 Å². The summed E-state index contributed by atoms with van der Waals surface area (Å²) in [6, 6.07) is 7.87. The van der Waals surface area contributed by atoms with Crippen LogP contribution in [-0.4, -0.2) is 30.3 Å². The second-order valence-electron chi connectivity index (χ2n) is 5.39. The average molecular weight is 344 g/mol. The lowest BCUT2D eigenvalue weighted by atomic mass is 10.1. The number of ether oxygens (including phenoxy) is 3. The van der Waals surface area contributed by atoms with Crippen molar-refractivity contribution >= 4 is 11.9 Å². The second-order valence-corrected chi connectivity index (χ2v) is 5.39. The second kappa shape index (κ2) is 7.08. The fourth-order valence-electron chi connectivity index (χ4n) is 2.34. The summed E-state index contributed by atoms with van der Waals surface area (Å²) in [6.45, 7) is 1.48. The van der Waals surface area contributed by atoms with Crippen LogP contribution in [0.2, 0.25) is 0 Å². The minimum atomic E-state index is -0.854. The largest absolute Gasteiger partial charge is 0.454 e. The van der Waals surface area contributed by atoms with Crippen LogP contribution in [0.4, 0.5) is 0 Å². The molecule has 0 fully saturated rings. The van der Waals surface area contributed by atoms with Gasteiger partial charge in [-0.25, -0.2) is 4.79 Å². The Kier molecular flexibility index (Phi) is 4.69. The Hall–Kier alpha value is -3.29. The van der Waals surface area contributed by atoms with Gasteiger partial charge in [0.25, 0.3) is 11.5 Å². The van der Waals surface area contributed by atoms with E-state index in [1.165, 1.54) is 18.3 Å².